The van der Waals surface area contributed by atoms with Gasteiger partial charge in [0.05, 0.1) is 37.7 Å². The summed E-state index contributed by atoms with van der Waals surface area (Å²) < 4.78 is 53.7. The molecule has 0 atom stereocenters. The van der Waals surface area contributed by atoms with Crippen LogP contribution in [0.2, 0.25) is 0 Å². The first-order chi connectivity index (χ1) is 20.0. The van der Waals surface area contributed by atoms with Gasteiger partial charge in [0, 0.05) is 50.9 Å². The summed E-state index contributed by atoms with van der Waals surface area (Å²) in [6, 6.07) is 3.78. The van der Waals surface area contributed by atoms with Crippen molar-refractivity contribution in [1.82, 2.24) is 19.8 Å². The van der Waals surface area contributed by atoms with Crippen molar-refractivity contribution in [3.63, 3.8) is 0 Å². The molecular formula is C28H39F3N6O5. The molecule has 1 aromatic carbocycles. The topological polar surface area (TPSA) is 127 Å². The van der Waals surface area contributed by atoms with Crippen LogP contribution in [0.4, 0.5) is 24.7 Å². The van der Waals surface area contributed by atoms with Crippen LogP contribution in [0, 0.1) is 0 Å². The Hall–Kier alpha value is -3.78. The van der Waals surface area contributed by atoms with Gasteiger partial charge < -0.3 is 34.9 Å². The van der Waals surface area contributed by atoms with E-state index in [0.717, 1.165) is 64.0 Å². The quantitative estimate of drug-likeness (QED) is 0.311. The minimum absolute atomic E-state index is 0.0139. The Kier molecular flexibility index (Phi) is 12.0. The number of likely N-dealkylation sites (N-methyl/N-ethyl adjacent to an activating group) is 1. The van der Waals surface area contributed by atoms with Gasteiger partial charge in [0.2, 0.25) is 5.91 Å². The Morgan fingerprint density at radius 2 is 1.93 bits per heavy atom. The fourth-order valence-electron chi connectivity index (χ4n) is 4.62. The van der Waals surface area contributed by atoms with Crippen LogP contribution in [0.1, 0.15) is 31.5 Å². The van der Waals surface area contributed by atoms with Gasteiger partial charge in [0.1, 0.15) is 11.6 Å². The number of rotatable bonds is 10. The summed E-state index contributed by atoms with van der Waals surface area (Å²) in [6.45, 7) is 14.0. The molecule has 3 heterocycles. The van der Waals surface area contributed by atoms with Crippen LogP contribution in [0.3, 0.4) is 0 Å². The maximum Gasteiger partial charge on any atom is 0.573 e. The van der Waals surface area contributed by atoms with Gasteiger partial charge in [-0.05, 0) is 44.9 Å². The molecule has 1 fully saturated rings. The third-order valence-corrected chi connectivity index (χ3v) is 6.79. The lowest BCUT2D eigenvalue weighted by Crippen LogP contribution is -2.37. The number of nitrogens with two attached hydrogens (primary N) is 1. The van der Waals surface area contributed by atoms with E-state index in [4.69, 9.17) is 15.2 Å². The molecule has 0 saturated carbocycles. The fraction of sp³-hybridized carbons (Fsp3) is 0.536. The number of halogens is 3. The van der Waals surface area contributed by atoms with Crippen LogP contribution in [0.25, 0.3) is 0 Å². The van der Waals surface area contributed by atoms with Crippen molar-refractivity contribution in [3.8, 4) is 17.5 Å². The Morgan fingerprint density at radius 3 is 2.55 bits per heavy atom. The minimum atomic E-state index is -4.88. The first kappa shape index (κ1) is 32.7. The van der Waals surface area contributed by atoms with Crippen LogP contribution in [-0.2, 0) is 22.5 Å². The molecule has 2 aliphatic rings. The molecule has 4 rings (SSSR count). The van der Waals surface area contributed by atoms with E-state index in [-0.39, 0.29) is 29.9 Å². The third kappa shape index (κ3) is 9.65. The lowest BCUT2D eigenvalue weighted by atomic mass is 10.0. The fourth-order valence-corrected chi connectivity index (χ4v) is 4.62. The number of carbonyl (C=O) groups excluding carboxylic acids is 1. The zero-order chi connectivity index (χ0) is 30.7. The lowest BCUT2D eigenvalue weighted by molar-refractivity contribution is -0.274. The molecule has 11 nitrogen and oxygen atoms in total. The number of phenols is 1. The maximum absolute atomic E-state index is 12.8. The van der Waals surface area contributed by atoms with Crippen LogP contribution in [-0.4, -0.2) is 96.2 Å². The average molecular weight is 597 g/mol. The van der Waals surface area contributed by atoms with Crippen molar-refractivity contribution >= 4 is 17.4 Å². The molecule has 232 valence electrons. The molecule has 1 amide bonds. The second kappa shape index (κ2) is 15.4. The van der Waals surface area contributed by atoms with E-state index in [2.05, 4.69) is 26.2 Å². The van der Waals surface area contributed by atoms with E-state index in [9.17, 15) is 23.1 Å². The average Bonchev–Trinajstić information content (AvgIpc) is 2.96. The first-order valence-electron chi connectivity index (χ1n) is 13.9. The van der Waals surface area contributed by atoms with Gasteiger partial charge in [-0.25, -0.2) is 0 Å². The number of fused-ring (bicyclic) bond motifs is 1. The van der Waals surface area contributed by atoms with Crippen molar-refractivity contribution in [3.05, 3.63) is 42.1 Å². The van der Waals surface area contributed by atoms with Gasteiger partial charge in [0.25, 0.3) is 0 Å². The van der Waals surface area contributed by atoms with Crippen molar-refractivity contribution < 1.29 is 37.3 Å². The summed E-state index contributed by atoms with van der Waals surface area (Å²) in [7, 11) is 0. The number of morpholine rings is 1. The number of phenolic OH excluding ortho intramolecular Hbond substituents is 1. The first-order valence-corrected chi connectivity index (χ1v) is 13.9. The molecule has 14 heteroatoms. The molecule has 1 aromatic heterocycles. The van der Waals surface area contributed by atoms with Gasteiger partial charge in [-0.1, -0.05) is 6.58 Å². The SMILES string of the molecule is C=CC(=O)N(CC)CC.Nc1nc(OCCCN2CCOCC2)nc2c1CCN(c1ccc(O)cc1OC(F)(F)F)C2. The van der Waals surface area contributed by atoms with E-state index in [1.165, 1.54) is 18.2 Å². The molecule has 2 aliphatic heterocycles. The molecule has 1 saturated heterocycles. The summed E-state index contributed by atoms with van der Waals surface area (Å²) >= 11 is 0. The Bertz CT molecular complexity index is 1190. The zero-order valence-electron chi connectivity index (χ0n) is 24.0. The van der Waals surface area contributed by atoms with Crippen molar-refractivity contribution in [1.29, 1.82) is 0 Å². The predicted molar refractivity (Wildman–Crippen MR) is 151 cm³/mol. The summed E-state index contributed by atoms with van der Waals surface area (Å²) in [5.41, 5.74) is 7.64. The summed E-state index contributed by atoms with van der Waals surface area (Å²) in [5, 5.41) is 9.62. The van der Waals surface area contributed by atoms with Gasteiger partial charge in [-0.15, -0.1) is 13.2 Å². The Morgan fingerprint density at radius 1 is 1.21 bits per heavy atom. The smallest absolute Gasteiger partial charge is 0.508 e. The standard InChI is InChI=1S/C21H26F3N5O4.C7H13NO/c22-21(23,24)33-18-12-14(30)2-3-17(18)29-6-4-15-16(13-29)26-20(27-19(15)25)32-9-1-5-28-7-10-31-11-8-28;1-4-7(9)8(5-2)6-3/h2-3,12,30H,1,4-11,13H2,(H2,25,26,27);4H,1,5-6H2,2-3H3. The highest BCUT2D eigenvalue weighted by Gasteiger charge is 2.34. The van der Waals surface area contributed by atoms with E-state index in [1.54, 1.807) is 9.80 Å². The number of aromatic hydroxyl groups is 1. The van der Waals surface area contributed by atoms with Crippen molar-refractivity contribution in [2.45, 2.75) is 39.6 Å². The highest BCUT2D eigenvalue weighted by atomic mass is 19.4. The highest BCUT2D eigenvalue weighted by Crippen LogP contribution is 2.38. The maximum atomic E-state index is 12.8. The normalized spacial score (nSPS) is 15.2. The Labute approximate surface area is 243 Å². The van der Waals surface area contributed by atoms with Crippen LogP contribution < -0.4 is 20.1 Å². The number of hydrogen-bond acceptors (Lipinski definition) is 10. The molecular weight excluding hydrogens is 557 g/mol. The highest BCUT2D eigenvalue weighted by molar-refractivity contribution is 5.86. The largest absolute Gasteiger partial charge is 0.573 e. The summed E-state index contributed by atoms with van der Waals surface area (Å²) in [5.74, 6) is -0.484. The lowest BCUT2D eigenvalue weighted by Gasteiger charge is -2.31. The zero-order valence-corrected chi connectivity index (χ0v) is 24.0. The van der Waals surface area contributed by atoms with Crippen LogP contribution in [0.15, 0.2) is 30.9 Å². The molecule has 0 spiro atoms. The van der Waals surface area contributed by atoms with E-state index in [0.29, 0.717) is 31.1 Å². The molecule has 42 heavy (non-hydrogen) atoms. The van der Waals surface area contributed by atoms with Gasteiger partial charge in [0.15, 0.2) is 5.75 Å². The van der Waals surface area contributed by atoms with Gasteiger partial charge in [-0.3, -0.25) is 9.69 Å². The van der Waals surface area contributed by atoms with Crippen molar-refractivity contribution in [2.24, 2.45) is 0 Å². The number of nitrogens with zero attached hydrogens (tertiary/aromatic N) is 5. The van der Waals surface area contributed by atoms with E-state index >= 15 is 0 Å². The number of amides is 1. The van der Waals surface area contributed by atoms with Crippen LogP contribution >= 0.6 is 0 Å². The monoisotopic (exact) mass is 596 g/mol. The minimum Gasteiger partial charge on any atom is -0.508 e. The molecule has 0 aliphatic carbocycles. The van der Waals surface area contributed by atoms with Gasteiger partial charge >= 0.3 is 12.4 Å². The third-order valence-electron chi connectivity index (χ3n) is 6.79. The Balaban J connectivity index is 0.000000467. The summed E-state index contributed by atoms with van der Waals surface area (Å²) in [6.07, 6.45) is -2.30. The number of anilines is 2. The number of aromatic nitrogens is 2. The number of alkyl halides is 3. The second-order valence-electron chi connectivity index (χ2n) is 9.56. The number of carbonyl (C=O) groups is 1. The van der Waals surface area contributed by atoms with E-state index < -0.39 is 12.1 Å². The van der Waals surface area contributed by atoms with E-state index in [1.807, 2.05) is 13.8 Å². The molecule has 3 N–H and O–H groups in total. The van der Waals surface area contributed by atoms with Gasteiger partial charge in [-0.2, -0.15) is 9.97 Å². The number of benzene rings is 1. The molecule has 0 bridgehead atoms. The molecule has 0 radical (unpaired) electrons. The number of nitrogen functional groups attached to an aromatic ring is 1. The molecule has 0 unspecified atom stereocenters. The predicted octanol–water partition coefficient (Wildman–Crippen LogP) is 3.37. The van der Waals surface area contributed by atoms with Crippen molar-refractivity contribution in [2.75, 3.05) is 69.7 Å². The number of hydrogen-bond donors (Lipinski definition) is 2. The molecule has 2 aromatic rings. The summed E-state index contributed by atoms with van der Waals surface area (Å²) in [4.78, 5) is 25.2. The second-order valence-corrected chi connectivity index (χ2v) is 9.56. The number of ether oxygens (including phenoxy) is 3. The van der Waals surface area contributed by atoms with Crippen LogP contribution in [0.5, 0.6) is 17.5 Å².